The van der Waals surface area contributed by atoms with Gasteiger partial charge >= 0.3 is 0 Å². The maximum atomic E-state index is 12.4. The number of nitrogens with zero attached hydrogens (tertiary/aromatic N) is 2. The van der Waals surface area contributed by atoms with Crippen molar-refractivity contribution in [3.05, 3.63) is 70.6 Å². The van der Waals surface area contributed by atoms with Crippen LogP contribution in [-0.4, -0.2) is 26.1 Å². The van der Waals surface area contributed by atoms with Crippen molar-refractivity contribution in [1.29, 1.82) is 0 Å². The highest BCUT2D eigenvalue weighted by atomic mass is 16.5. The van der Waals surface area contributed by atoms with E-state index in [4.69, 9.17) is 5.21 Å². The molecule has 0 fully saturated rings. The van der Waals surface area contributed by atoms with E-state index in [1.807, 2.05) is 30.3 Å². The van der Waals surface area contributed by atoms with Gasteiger partial charge in [0, 0.05) is 22.7 Å². The molecule has 7 nitrogen and oxygen atoms in total. The molecule has 2 heterocycles. The number of fused-ring (bicyclic) bond motifs is 2. The molecular weight excluding hydrogens is 320 g/mol. The van der Waals surface area contributed by atoms with Crippen LogP contribution in [0.4, 0.5) is 0 Å². The van der Waals surface area contributed by atoms with Crippen LogP contribution in [0.1, 0.15) is 10.4 Å². The van der Waals surface area contributed by atoms with Crippen molar-refractivity contribution in [3.8, 4) is 11.4 Å². The molecule has 0 radical (unpaired) electrons. The lowest BCUT2D eigenvalue weighted by atomic mass is 10.1. The summed E-state index contributed by atoms with van der Waals surface area (Å²) in [5.41, 5.74) is 3.22. The van der Waals surface area contributed by atoms with Crippen LogP contribution in [0.25, 0.3) is 33.2 Å². The van der Waals surface area contributed by atoms with Crippen LogP contribution in [0, 0.1) is 0 Å². The number of rotatable bonds is 2. The second kappa shape index (κ2) is 5.81. The molecule has 0 aliphatic rings. The SMILES string of the molecule is O=C(NO)c1ccc2c(=O)[nH]c(-c3cccc4cccnc34)nc2c1. The van der Waals surface area contributed by atoms with Gasteiger partial charge in [-0.3, -0.25) is 19.8 Å². The monoisotopic (exact) mass is 332 g/mol. The van der Waals surface area contributed by atoms with Gasteiger partial charge in [-0.25, -0.2) is 10.5 Å². The van der Waals surface area contributed by atoms with E-state index in [0.29, 0.717) is 22.3 Å². The number of pyridine rings is 1. The Morgan fingerprint density at radius 1 is 1.12 bits per heavy atom. The molecule has 0 aliphatic heterocycles. The van der Waals surface area contributed by atoms with Crippen LogP contribution in [-0.2, 0) is 0 Å². The van der Waals surface area contributed by atoms with E-state index >= 15 is 0 Å². The van der Waals surface area contributed by atoms with Crippen LogP contribution in [0.15, 0.2) is 59.5 Å². The van der Waals surface area contributed by atoms with Crippen molar-refractivity contribution in [2.24, 2.45) is 0 Å². The first-order valence-electron chi connectivity index (χ1n) is 7.50. The Balaban J connectivity index is 1.98. The van der Waals surface area contributed by atoms with E-state index in [1.165, 1.54) is 18.2 Å². The van der Waals surface area contributed by atoms with Gasteiger partial charge in [0.1, 0.15) is 5.82 Å². The zero-order chi connectivity index (χ0) is 17.4. The molecule has 0 saturated heterocycles. The van der Waals surface area contributed by atoms with Gasteiger partial charge < -0.3 is 4.98 Å². The molecule has 0 spiro atoms. The van der Waals surface area contributed by atoms with E-state index < -0.39 is 5.91 Å². The first-order valence-corrected chi connectivity index (χ1v) is 7.50. The quantitative estimate of drug-likeness (QED) is 0.385. The average Bonchev–Trinajstić information content (AvgIpc) is 2.66. The molecule has 1 amide bonds. The molecule has 4 aromatic rings. The number of hydroxylamine groups is 1. The third kappa shape index (κ3) is 2.52. The number of benzene rings is 2. The first-order chi connectivity index (χ1) is 12.2. The molecule has 4 rings (SSSR count). The van der Waals surface area contributed by atoms with Crippen LogP contribution in [0.5, 0.6) is 0 Å². The standard InChI is InChI=1S/C18H12N4O3/c23-17(22-25)11-6-7-12-14(9-11)20-16(21-18(12)24)13-5-1-3-10-4-2-8-19-15(10)13/h1-9,25H,(H,22,23)(H,20,21,24). The van der Waals surface area contributed by atoms with Crippen LogP contribution in [0.2, 0.25) is 0 Å². The molecule has 0 atom stereocenters. The second-order valence-electron chi connectivity index (χ2n) is 5.47. The lowest BCUT2D eigenvalue weighted by molar-refractivity contribution is 0.0706. The molecule has 0 aliphatic carbocycles. The summed E-state index contributed by atoms with van der Waals surface area (Å²) in [7, 11) is 0. The molecule has 2 aromatic carbocycles. The molecule has 0 bridgehead atoms. The van der Waals surface area contributed by atoms with E-state index in [1.54, 1.807) is 11.7 Å². The van der Waals surface area contributed by atoms with Crippen LogP contribution >= 0.6 is 0 Å². The van der Waals surface area contributed by atoms with Gasteiger partial charge in [-0.05, 0) is 30.3 Å². The predicted molar refractivity (Wildman–Crippen MR) is 92.4 cm³/mol. The van der Waals surface area contributed by atoms with Crippen LogP contribution < -0.4 is 11.0 Å². The molecular formula is C18H12N4O3. The number of carbonyl (C=O) groups excluding carboxylic acids is 1. The van der Waals surface area contributed by atoms with Crippen molar-refractivity contribution < 1.29 is 10.0 Å². The van der Waals surface area contributed by atoms with Gasteiger partial charge in [0.2, 0.25) is 0 Å². The van der Waals surface area contributed by atoms with Crippen molar-refractivity contribution in [2.45, 2.75) is 0 Å². The topological polar surface area (TPSA) is 108 Å². The first kappa shape index (κ1) is 15.0. The minimum atomic E-state index is -0.669. The molecule has 7 heteroatoms. The zero-order valence-corrected chi connectivity index (χ0v) is 12.9. The summed E-state index contributed by atoms with van der Waals surface area (Å²) >= 11 is 0. The summed E-state index contributed by atoms with van der Waals surface area (Å²) in [4.78, 5) is 35.6. The molecule has 3 N–H and O–H groups in total. The third-order valence-electron chi connectivity index (χ3n) is 3.96. The van der Waals surface area contributed by atoms with E-state index in [0.717, 1.165) is 10.9 Å². The van der Waals surface area contributed by atoms with E-state index in [9.17, 15) is 9.59 Å². The van der Waals surface area contributed by atoms with Gasteiger partial charge in [0.25, 0.3) is 11.5 Å². The fraction of sp³-hybridized carbons (Fsp3) is 0. The molecule has 25 heavy (non-hydrogen) atoms. The number of nitrogens with one attached hydrogen (secondary N) is 2. The summed E-state index contributed by atoms with van der Waals surface area (Å²) in [6, 6.07) is 13.8. The van der Waals surface area contributed by atoms with Gasteiger partial charge in [0.05, 0.1) is 16.4 Å². The normalized spacial score (nSPS) is 10.9. The lowest BCUT2D eigenvalue weighted by Crippen LogP contribution is -2.19. The Hall–Kier alpha value is -3.58. The maximum absolute atomic E-state index is 12.4. The number of aromatic amines is 1. The second-order valence-corrected chi connectivity index (χ2v) is 5.47. The smallest absolute Gasteiger partial charge is 0.274 e. The summed E-state index contributed by atoms with van der Waals surface area (Å²) in [5.74, 6) is -0.305. The fourth-order valence-corrected chi connectivity index (χ4v) is 2.77. The summed E-state index contributed by atoms with van der Waals surface area (Å²) < 4.78 is 0. The maximum Gasteiger partial charge on any atom is 0.274 e. The molecule has 2 aromatic heterocycles. The minimum Gasteiger partial charge on any atom is -0.306 e. The zero-order valence-electron chi connectivity index (χ0n) is 12.9. The largest absolute Gasteiger partial charge is 0.306 e. The number of aromatic nitrogens is 3. The van der Waals surface area contributed by atoms with E-state index in [2.05, 4.69) is 15.0 Å². The van der Waals surface area contributed by atoms with Gasteiger partial charge in [-0.1, -0.05) is 18.2 Å². The van der Waals surface area contributed by atoms with Crippen molar-refractivity contribution in [2.75, 3.05) is 0 Å². The van der Waals surface area contributed by atoms with Gasteiger partial charge in [0.15, 0.2) is 0 Å². The molecule has 122 valence electrons. The van der Waals surface area contributed by atoms with Crippen molar-refractivity contribution in [3.63, 3.8) is 0 Å². The molecule has 0 unspecified atom stereocenters. The minimum absolute atomic E-state index is 0.204. The van der Waals surface area contributed by atoms with Crippen molar-refractivity contribution >= 4 is 27.7 Å². The Morgan fingerprint density at radius 2 is 1.96 bits per heavy atom. The molecule has 0 saturated carbocycles. The van der Waals surface area contributed by atoms with Crippen molar-refractivity contribution in [1.82, 2.24) is 20.4 Å². The number of amides is 1. The lowest BCUT2D eigenvalue weighted by Gasteiger charge is -2.07. The van der Waals surface area contributed by atoms with E-state index in [-0.39, 0.29) is 11.1 Å². The number of hydrogen-bond acceptors (Lipinski definition) is 5. The van der Waals surface area contributed by atoms with Gasteiger partial charge in [-0.15, -0.1) is 0 Å². The predicted octanol–water partition coefficient (Wildman–Crippen LogP) is 2.26. The number of H-pyrrole nitrogens is 1. The number of carbonyl (C=O) groups is 1. The average molecular weight is 332 g/mol. The highest BCUT2D eigenvalue weighted by Crippen LogP contribution is 2.24. The fourth-order valence-electron chi connectivity index (χ4n) is 2.77. The number of hydrogen-bond donors (Lipinski definition) is 3. The highest BCUT2D eigenvalue weighted by molar-refractivity contribution is 5.97. The Labute approximate surface area is 140 Å². The Bertz CT molecular complexity index is 1180. The van der Waals surface area contributed by atoms with Gasteiger partial charge in [-0.2, -0.15) is 0 Å². The number of para-hydroxylation sites is 1. The summed E-state index contributed by atoms with van der Waals surface area (Å²) in [6.07, 6.45) is 1.68. The Kier molecular flexibility index (Phi) is 3.48. The third-order valence-corrected chi connectivity index (χ3v) is 3.96. The highest BCUT2D eigenvalue weighted by Gasteiger charge is 2.12. The summed E-state index contributed by atoms with van der Waals surface area (Å²) in [6.45, 7) is 0. The summed E-state index contributed by atoms with van der Waals surface area (Å²) in [5, 5.41) is 10.0. The van der Waals surface area contributed by atoms with Crippen LogP contribution in [0.3, 0.4) is 0 Å². The Morgan fingerprint density at radius 3 is 2.80 bits per heavy atom.